The van der Waals surface area contributed by atoms with Crippen LogP contribution in [0.25, 0.3) is 0 Å². The summed E-state index contributed by atoms with van der Waals surface area (Å²) in [5.41, 5.74) is 2.00. The van der Waals surface area contributed by atoms with Crippen LogP contribution in [-0.4, -0.2) is 0 Å². The van der Waals surface area contributed by atoms with Crippen molar-refractivity contribution in [3.05, 3.63) is 35.4 Å². The Morgan fingerprint density at radius 2 is 1.94 bits per heavy atom. The summed E-state index contributed by atoms with van der Waals surface area (Å²) in [6, 6.07) is 11.1. The van der Waals surface area contributed by atoms with E-state index in [4.69, 9.17) is 5.26 Å². The van der Waals surface area contributed by atoms with Crippen LogP contribution < -0.4 is 0 Å². The molecule has 0 spiro atoms. The van der Waals surface area contributed by atoms with E-state index in [0.717, 1.165) is 5.92 Å². The van der Waals surface area contributed by atoms with Crippen LogP contribution >= 0.6 is 0 Å². The molecule has 1 radical (unpaired) electrons. The standard InChI is InChI=1S/C14H16N.Y/c1-11-2-6-13(7-3-11)14-8-4-12(10-15)5-9-14;/h4,8-9,11,13H,2-3,6-7H2,1H3;/q-1;. The van der Waals surface area contributed by atoms with Gasteiger partial charge in [0.15, 0.2) is 0 Å². The Kier molecular flexibility index (Phi) is 5.66. The maximum atomic E-state index is 8.69. The molecule has 81 valence electrons. The van der Waals surface area contributed by atoms with Gasteiger partial charge in [-0.25, -0.2) is 0 Å². The zero-order valence-corrected chi connectivity index (χ0v) is 12.6. The van der Waals surface area contributed by atoms with Crippen LogP contribution in [0.4, 0.5) is 0 Å². The second kappa shape index (κ2) is 6.53. The fourth-order valence-electron chi connectivity index (χ4n) is 2.35. The Balaban J connectivity index is 0.00000128. The van der Waals surface area contributed by atoms with Gasteiger partial charge in [0, 0.05) is 32.7 Å². The molecule has 1 aromatic rings. The van der Waals surface area contributed by atoms with Crippen LogP contribution in [0.3, 0.4) is 0 Å². The van der Waals surface area contributed by atoms with Crippen molar-refractivity contribution in [2.24, 2.45) is 5.92 Å². The molecule has 0 bridgehead atoms. The van der Waals surface area contributed by atoms with Crippen molar-refractivity contribution in [1.82, 2.24) is 0 Å². The Labute approximate surface area is 123 Å². The molecule has 1 fully saturated rings. The molecule has 0 amide bonds. The van der Waals surface area contributed by atoms with E-state index in [1.54, 1.807) is 0 Å². The number of nitriles is 1. The maximum absolute atomic E-state index is 8.69. The molecule has 16 heavy (non-hydrogen) atoms. The summed E-state index contributed by atoms with van der Waals surface area (Å²) in [5, 5.41) is 8.69. The summed E-state index contributed by atoms with van der Waals surface area (Å²) in [5.74, 6) is 1.59. The molecule has 0 N–H and O–H groups in total. The molecule has 0 aromatic heterocycles. The Morgan fingerprint density at radius 1 is 1.25 bits per heavy atom. The third-order valence-corrected chi connectivity index (χ3v) is 3.44. The van der Waals surface area contributed by atoms with Crippen molar-refractivity contribution in [2.45, 2.75) is 38.5 Å². The number of benzene rings is 1. The largest absolute Gasteiger partial charge is 0.262 e. The van der Waals surface area contributed by atoms with Gasteiger partial charge in [0.05, 0.1) is 0 Å². The van der Waals surface area contributed by atoms with Crippen LogP contribution in [0.1, 0.15) is 49.7 Å². The zero-order chi connectivity index (χ0) is 10.7. The van der Waals surface area contributed by atoms with E-state index in [1.165, 1.54) is 31.2 Å². The van der Waals surface area contributed by atoms with Gasteiger partial charge in [-0.2, -0.15) is 0 Å². The molecule has 0 atom stereocenters. The minimum absolute atomic E-state index is 0. The SMILES string of the molecule is CC1CCC(c2c[c-]c(C#N)cc2)CC1.[Y]. The maximum Gasteiger partial charge on any atom is 0 e. The second-order valence-corrected chi connectivity index (χ2v) is 4.60. The van der Waals surface area contributed by atoms with Gasteiger partial charge in [0.25, 0.3) is 0 Å². The van der Waals surface area contributed by atoms with Crippen molar-refractivity contribution in [1.29, 1.82) is 5.26 Å². The third kappa shape index (κ3) is 3.40. The van der Waals surface area contributed by atoms with E-state index in [-0.39, 0.29) is 32.7 Å². The molecule has 1 aromatic carbocycles. The minimum atomic E-state index is 0. The monoisotopic (exact) mass is 287 g/mol. The first kappa shape index (κ1) is 13.9. The van der Waals surface area contributed by atoms with Gasteiger partial charge in [0.2, 0.25) is 0 Å². The summed E-state index contributed by atoms with van der Waals surface area (Å²) in [6.07, 6.45) is 5.26. The second-order valence-electron chi connectivity index (χ2n) is 4.60. The summed E-state index contributed by atoms with van der Waals surface area (Å²) in [6.45, 7) is 2.33. The van der Waals surface area contributed by atoms with Gasteiger partial charge in [-0.05, 0) is 12.0 Å². The van der Waals surface area contributed by atoms with Gasteiger partial charge in [0.1, 0.15) is 0 Å². The van der Waals surface area contributed by atoms with Crippen LogP contribution in [0, 0.1) is 23.3 Å². The summed E-state index contributed by atoms with van der Waals surface area (Å²) < 4.78 is 0. The van der Waals surface area contributed by atoms with Gasteiger partial charge in [-0.3, -0.25) is 5.26 Å². The first-order valence-corrected chi connectivity index (χ1v) is 5.71. The molecular weight excluding hydrogens is 271 g/mol. The van der Waals surface area contributed by atoms with Crippen molar-refractivity contribution >= 4 is 0 Å². The molecule has 1 aliphatic rings. The topological polar surface area (TPSA) is 23.8 Å². The zero-order valence-electron chi connectivity index (χ0n) is 9.74. The molecular formula is C14H16NY-. The molecule has 0 aliphatic heterocycles. The van der Waals surface area contributed by atoms with Crippen molar-refractivity contribution < 1.29 is 32.7 Å². The molecule has 1 aliphatic carbocycles. The van der Waals surface area contributed by atoms with Gasteiger partial charge < -0.3 is 0 Å². The first-order valence-electron chi connectivity index (χ1n) is 5.71. The molecule has 0 heterocycles. The minimum Gasteiger partial charge on any atom is -0.262 e. The van der Waals surface area contributed by atoms with Crippen LogP contribution in [-0.2, 0) is 32.7 Å². The van der Waals surface area contributed by atoms with E-state index >= 15 is 0 Å². The molecule has 0 unspecified atom stereocenters. The fraction of sp³-hybridized carbons (Fsp3) is 0.500. The first-order chi connectivity index (χ1) is 7.29. The Morgan fingerprint density at radius 3 is 2.44 bits per heavy atom. The molecule has 1 nitrogen and oxygen atoms in total. The van der Waals surface area contributed by atoms with Gasteiger partial charge in [-0.1, -0.05) is 44.1 Å². The Bertz CT molecular complexity index is 355. The van der Waals surface area contributed by atoms with E-state index in [2.05, 4.69) is 25.1 Å². The van der Waals surface area contributed by atoms with E-state index in [9.17, 15) is 0 Å². The van der Waals surface area contributed by atoms with Crippen LogP contribution in [0.15, 0.2) is 18.2 Å². The predicted molar refractivity (Wildman–Crippen MR) is 60.4 cm³/mol. The van der Waals surface area contributed by atoms with Crippen molar-refractivity contribution in [3.8, 4) is 6.07 Å². The van der Waals surface area contributed by atoms with Crippen LogP contribution in [0.2, 0.25) is 0 Å². The normalized spacial score (nSPS) is 24.2. The molecule has 2 heteroatoms. The number of nitrogens with zero attached hydrogens (tertiary/aromatic N) is 1. The Hall–Kier alpha value is -0.186. The fourth-order valence-corrected chi connectivity index (χ4v) is 2.35. The van der Waals surface area contributed by atoms with Crippen molar-refractivity contribution in [2.75, 3.05) is 0 Å². The van der Waals surface area contributed by atoms with Gasteiger partial charge in [-0.15, -0.1) is 29.8 Å². The quantitative estimate of drug-likeness (QED) is 0.723. The average Bonchev–Trinajstić information content (AvgIpc) is 2.30. The number of hydrogen-bond acceptors (Lipinski definition) is 1. The summed E-state index contributed by atoms with van der Waals surface area (Å²) >= 11 is 0. The molecule has 2 rings (SSSR count). The van der Waals surface area contributed by atoms with E-state index in [0.29, 0.717) is 11.5 Å². The smallest absolute Gasteiger partial charge is 0 e. The predicted octanol–water partition coefficient (Wildman–Crippen LogP) is 3.65. The van der Waals surface area contributed by atoms with E-state index in [1.807, 2.05) is 12.1 Å². The summed E-state index contributed by atoms with van der Waals surface area (Å²) in [7, 11) is 0. The van der Waals surface area contributed by atoms with E-state index < -0.39 is 0 Å². The number of rotatable bonds is 1. The average molecular weight is 287 g/mol. The molecule has 0 saturated heterocycles. The molecule has 1 saturated carbocycles. The third-order valence-electron chi connectivity index (χ3n) is 3.44. The van der Waals surface area contributed by atoms with Crippen LogP contribution in [0.5, 0.6) is 0 Å². The number of hydrogen-bond donors (Lipinski definition) is 0. The summed E-state index contributed by atoms with van der Waals surface area (Å²) in [4.78, 5) is 0. The van der Waals surface area contributed by atoms with Gasteiger partial charge >= 0.3 is 0 Å². The van der Waals surface area contributed by atoms with Crippen molar-refractivity contribution in [3.63, 3.8) is 0 Å².